The van der Waals surface area contributed by atoms with Crippen molar-refractivity contribution in [3.63, 3.8) is 0 Å². The molecule has 0 N–H and O–H groups in total. The van der Waals surface area contributed by atoms with E-state index in [9.17, 15) is 9.59 Å². The number of hydrogen-bond donors (Lipinski definition) is 0. The van der Waals surface area contributed by atoms with E-state index in [4.69, 9.17) is 9.47 Å². The summed E-state index contributed by atoms with van der Waals surface area (Å²) < 4.78 is 10.2. The summed E-state index contributed by atoms with van der Waals surface area (Å²) in [5.41, 5.74) is 0. The molecule has 0 aromatic carbocycles. The van der Waals surface area contributed by atoms with E-state index in [2.05, 4.69) is 23.8 Å². The number of unbranched alkanes of at least 4 members (excludes halogenated alkanes) is 1. The summed E-state index contributed by atoms with van der Waals surface area (Å²) in [5.74, 6) is -0.105. The highest BCUT2D eigenvalue weighted by atomic mass is 16.6. The minimum Gasteiger partial charge on any atom is -0.468 e. The van der Waals surface area contributed by atoms with Crippen molar-refractivity contribution in [2.24, 2.45) is 0 Å². The van der Waals surface area contributed by atoms with Gasteiger partial charge in [-0.2, -0.15) is 0 Å². The molecule has 2 aliphatic rings. The van der Waals surface area contributed by atoms with Gasteiger partial charge in [-0.25, -0.2) is 4.79 Å². The first-order valence-electron chi connectivity index (χ1n) is 11.5. The molecule has 1 amide bonds. The molecular formula is C22H41N3O4. The molecule has 0 bridgehead atoms. The largest absolute Gasteiger partial charge is 0.468 e. The second-order valence-electron chi connectivity index (χ2n) is 8.38. The highest BCUT2D eigenvalue weighted by Crippen LogP contribution is 2.25. The summed E-state index contributed by atoms with van der Waals surface area (Å²) >= 11 is 0. The zero-order valence-electron chi connectivity index (χ0n) is 18.9. The molecule has 29 heavy (non-hydrogen) atoms. The Balaban J connectivity index is 1.84. The van der Waals surface area contributed by atoms with Crippen LogP contribution in [0.5, 0.6) is 0 Å². The number of likely N-dealkylation sites (tertiary alicyclic amines) is 2. The van der Waals surface area contributed by atoms with Gasteiger partial charge >= 0.3 is 12.1 Å². The van der Waals surface area contributed by atoms with E-state index >= 15 is 0 Å². The third kappa shape index (κ3) is 6.85. The van der Waals surface area contributed by atoms with Crippen molar-refractivity contribution in [3.05, 3.63) is 0 Å². The zero-order chi connectivity index (χ0) is 21.2. The summed E-state index contributed by atoms with van der Waals surface area (Å²) in [7, 11) is 3.57. The first-order valence-corrected chi connectivity index (χ1v) is 11.5. The van der Waals surface area contributed by atoms with Crippen LogP contribution in [0.4, 0.5) is 4.79 Å². The second kappa shape index (κ2) is 12.4. The van der Waals surface area contributed by atoms with Crippen LogP contribution in [0, 0.1) is 0 Å². The van der Waals surface area contributed by atoms with E-state index in [0.717, 1.165) is 77.5 Å². The number of carbonyl (C=O) groups is 2. The maximum Gasteiger partial charge on any atom is 0.409 e. The molecule has 2 saturated heterocycles. The minimum atomic E-state index is -0.172. The van der Waals surface area contributed by atoms with Crippen LogP contribution in [-0.4, -0.2) is 91.8 Å². The Hall–Kier alpha value is -1.34. The van der Waals surface area contributed by atoms with Crippen LogP contribution in [0.1, 0.15) is 65.2 Å². The number of methoxy groups -OCH3 is 1. The van der Waals surface area contributed by atoms with E-state index in [1.165, 1.54) is 7.11 Å². The van der Waals surface area contributed by atoms with E-state index in [1.54, 1.807) is 0 Å². The Kier molecular flexibility index (Phi) is 10.2. The van der Waals surface area contributed by atoms with Crippen molar-refractivity contribution in [2.75, 3.05) is 46.9 Å². The Morgan fingerprint density at radius 1 is 1.07 bits per heavy atom. The van der Waals surface area contributed by atoms with Crippen LogP contribution in [0.2, 0.25) is 0 Å². The molecule has 0 aliphatic carbocycles. The number of carbonyl (C=O) groups excluding carboxylic acids is 2. The minimum absolute atomic E-state index is 0.105. The molecule has 7 nitrogen and oxygen atoms in total. The molecule has 0 saturated carbocycles. The van der Waals surface area contributed by atoms with Gasteiger partial charge in [-0.3, -0.25) is 9.69 Å². The molecule has 0 aromatic heterocycles. The standard InChI is InChI=1S/C22H41N3O4/c1-5-7-10-20(21(26)28-4)23(3)18-11-15-24(16-12-18)19-9-8-14-25(17-13-19)22(27)29-6-2/h18-20H,5-17H2,1-4H3. The fourth-order valence-electron chi connectivity index (χ4n) is 4.78. The van der Waals surface area contributed by atoms with Gasteiger partial charge in [-0.1, -0.05) is 19.8 Å². The average molecular weight is 412 g/mol. The van der Waals surface area contributed by atoms with Crippen LogP contribution >= 0.6 is 0 Å². The summed E-state index contributed by atoms with van der Waals surface area (Å²) in [6.07, 6.45) is 8.17. The first-order chi connectivity index (χ1) is 14.0. The Morgan fingerprint density at radius 3 is 2.41 bits per heavy atom. The molecule has 2 unspecified atom stereocenters. The number of amides is 1. The predicted octanol–water partition coefficient (Wildman–Crippen LogP) is 3.13. The Labute approximate surface area is 176 Å². The highest BCUT2D eigenvalue weighted by Gasteiger charge is 2.33. The van der Waals surface area contributed by atoms with Gasteiger partial charge in [0.2, 0.25) is 0 Å². The van der Waals surface area contributed by atoms with Crippen LogP contribution in [0.3, 0.4) is 0 Å². The van der Waals surface area contributed by atoms with Crippen molar-refractivity contribution in [1.29, 1.82) is 0 Å². The smallest absolute Gasteiger partial charge is 0.409 e. The molecule has 7 heteroatoms. The third-order valence-electron chi connectivity index (χ3n) is 6.61. The number of hydrogen-bond acceptors (Lipinski definition) is 6. The zero-order valence-corrected chi connectivity index (χ0v) is 18.9. The second-order valence-corrected chi connectivity index (χ2v) is 8.38. The van der Waals surface area contributed by atoms with Crippen molar-refractivity contribution >= 4 is 12.1 Å². The molecule has 2 atom stereocenters. The predicted molar refractivity (Wildman–Crippen MR) is 114 cm³/mol. The van der Waals surface area contributed by atoms with Crippen molar-refractivity contribution in [3.8, 4) is 0 Å². The fourth-order valence-corrected chi connectivity index (χ4v) is 4.78. The molecule has 2 fully saturated rings. The van der Waals surface area contributed by atoms with E-state index in [-0.39, 0.29) is 18.1 Å². The van der Waals surface area contributed by atoms with Gasteiger partial charge in [0.05, 0.1) is 13.7 Å². The van der Waals surface area contributed by atoms with Gasteiger partial charge in [-0.15, -0.1) is 0 Å². The SMILES string of the molecule is CCCCC(C(=O)OC)N(C)C1CCN(C2CCCN(C(=O)OCC)CC2)CC1. The van der Waals surface area contributed by atoms with Gasteiger partial charge in [-0.05, 0) is 65.6 Å². The van der Waals surface area contributed by atoms with Gasteiger partial charge in [0.15, 0.2) is 0 Å². The molecule has 0 spiro atoms. The number of piperidine rings is 1. The van der Waals surface area contributed by atoms with Crippen LogP contribution in [0.15, 0.2) is 0 Å². The van der Waals surface area contributed by atoms with Crippen LogP contribution in [0.25, 0.3) is 0 Å². The number of rotatable bonds is 8. The van der Waals surface area contributed by atoms with E-state index in [0.29, 0.717) is 18.7 Å². The van der Waals surface area contributed by atoms with E-state index < -0.39 is 0 Å². The number of nitrogens with zero attached hydrogens (tertiary/aromatic N) is 3. The number of esters is 1. The monoisotopic (exact) mass is 411 g/mol. The lowest BCUT2D eigenvalue weighted by molar-refractivity contribution is -0.148. The number of likely N-dealkylation sites (N-methyl/N-ethyl adjacent to an activating group) is 1. The van der Waals surface area contributed by atoms with Crippen LogP contribution in [-0.2, 0) is 14.3 Å². The third-order valence-corrected chi connectivity index (χ3v) is 6.61. The van der Waals surface area contributed by atoms with Crippen molar-refractivity contribution < 1.29 is 19.1 Å². The lowest BCUT2D eigenvalue weighted by atomic mass is 9.97. The Morgan fingerprint density at radius 2 is 1.79 bits per heavy atom. The quantitative estimate of drug-likeness (QED) is 0.572. The van der Waals surface area contributed by atoms with Crippen molar-refractivity contribution in [1.82, 2.24) is 14.7 Å². The molecule has 2 rings (SSSR count). The highest BCUT2D eigenvalue weighted by molar-refractivity contribution is 5.75. The molecule has 168 valence electrons. The topological polar surface area (TPSA) is 62.3 Å². The molecule has 2 heterocycles. The maximum atomic E-state index is 12.3. The fraction of sp³-hybridized carbons (Fsp3) is 0.909. The average Bonchev–Trinajstić information content (AvgIpc) is 3.00. The maximum absolute atomic E-state index is 12.3. The Bertz CT molecular complexity index is 508. The van der Waals surface area contributed by atoms with Gasteiger partial charge in [0.1, 0.15) is 6.04 Å². The normalized spacial score (nSPS) is 22.9. The first kappa shape index (κ1) is 23.9. The summed E-state index contributed by atoms with van der Waals surface area (Å²) in [5, 5.41) is 0. The molecule has 2 aliphatic heterocycles. The van der Waals surface area contributed by atoms with Gasteiger partial charge in [0, 0.05) is 25.2 Å². The van der Waals surface area contributed by atoms with Crippen LogP contribution < -0.4 is 0 Å². The lowest BCUT2D eigenvalue weighted by Crippen LogP contribution is -2.51. The van der Waals surface area contributed by atoms with Gasteiger partial charge < -0.3 is 19.3 Å². The number of ether oxygens (including phenoxy) is 2. The summed E-state index contributed by atoms with van der Waals surface area (Å²) in [6, 6.07) is 0.832. The molecular weight excluding hydrogens is 370 g/mol. The van der Waals surface area contributed by atoms with E-state index in [1.807, 2.05) is 11.8 Å². The summed E-state index contributed by atoms with van der Waals surface area (Å²) in [6.45, 7) is 8.14. The van der Waals surface area contributed by atoms with Gasteiger partial charge in [0.25, 0.3) is 0 Å². The van der Waals surface area contributed by atoms with Crippen molar-refractivity contribution in [2.45, 2.75) is 83.3 Å². The molecule has 0 aromatic rings. The summed E-state index contributed by atoms with van der Waals surface area (Å²) in [4.78, 5) is 31.0. The molecule has 0 radical (unpaired) electrons. The lowest BCUT2D eigenvalue weighted by Gasteiger charge is -2.42.